The molecule has 0 spiro atoms. The monoisotopic (exact) mass is 284 g/mol. The number of halogens is 4. The zero-order valence-corrected chi connectivity index (χ0v) is 10.8. The Hall–Kier alpha value is -1.88. The van der Waals surface area contributed by atoms with Crippen molar-refractivity contribution in [2.75, 3.05) is 0 Å². The first-order valence-corrected chi connectivity index (χ1v) is 5.88. The SMILES string of the molecule is Cc1ccc(C(C)(O)c2ccc(F)c(F)c2F)cc1F. The second-order valence-electron chi connectivity index (χ2n) is 4.76. The molecule has 0 heterocycles. The van der Waals surface area contributed by atoms with Crippen LogP contribution in [0.15, 0.2) is 30.3 Å². The molecule has 0 fully saturated rings. The maximum atomic E-state index is 13.8. The molecular weight excluding hydrogens is 272 g/mol. The highest BCUT2D eigenvalue weighted by Gasteiger charge is 2.31. The lowest BCUT2D eigenvalue weighted by Gasteiger charge is -2.25. The molecule has 0 aliphatic carbocycles. The number of aliphatic hydroxyl groups is 1. The van der Waals surface area contributed by atoms with Crippen molar-refractivity contribution in [2.45, 2.75) is 19.4 Å². The summed E-state index contributed by atoms with van der Waals surface area (Å²) >= 11 is 0. The molecule has 0 aromatic heterocycles. The highest BCUT2D eigenvalue weighted by atomic mass is 19.2. The van der Waals surface area contributed by atoms with Gasteiger partial charge < -0.3 is 5.11 Å². The Balaban J connectivity index is 2.60. The topological polar surface area (TPSA) is 20.2 Å². The Labute approximate surface area is 113 Å². The molecule has 0 saturated carbocycles. The normalized spacial score (nSPS) is 14.2. The van der Waals surface area contributed by atoms with Crippen LogP contribution in [0.3, 0.4) is 0 Å². The van der Waals surface area contributed by atoms with E-state index in [-0.39, 0.29) is 5.56 Å². The third kappa shape index (κ3) is 2.29. The van der Waals surface area contributed by atoms with Crippen molar-refractivity contribution in [3.63, 3.8) is 0 Å². The number of hydrogen-bond acceptors (Lipinski definition) is 1. The minimum atomic E-state index is -1.98. The summed E-state index contributed by atoms with van der Waals surface area (Å²) in [6.07, 6.45) is 0. The van der Waals surface area contributed by atoms with Gasteiger partial charge in [-0.1, -0.05) is 12.1 Å². The minimum absolute atomic E-state index is 0.0468. The lowest BCUT2D eigenvalue weighted by molar-refractivity contribution is 0.0963. The fourth-order valence-electron chi connectivity index (χ4n) is 1.95. The van der Waals surface area contributed by atoms with E-state index in [0.29, 0.717) is 11.6 Å². The van der Waals surface area contributed by atoms with Crippen molar-refractivity contribution in [2.24, 2.45) is 0 Å². The molecule has 1 unspecified atom stereocenters. The van der Waals surface area contributed by atoms with Crippen molar-refractivity contribution in [3.8, 4) is 0 Å². The van der Waals surface area contributed by atoms with Gasteiger partial charge in [-0.15, -0.1) is 0 Å². The molecule has 2 aromatic rings. The molecule has 20 heavy (non-hydrogen) atoms. The van der Waals surface area contributed by atoms with Gasteiger partial charge in [-0.3, -0.25) is 0 Å². The predicted molar refractivity (Wildman–Crippen MR) is 66.1 cm³/mol. The summed E-state index contributed by atoms with van der Waals surface area (Å²) in [4.78, 5) is 0. The quantitative estimate of drug-likeness (QED) is 0.657. The Kier molecular flexibility index (Phi) is 3.56. The standard InChI is InChI=1S/C15H12F4O/c1-8-3-4-9(7-12(8)17)15(2,20)10-5-6-11(16)14(19)13(10)18/h3-7,20H,1-2H3. The van der Waals surface area contributed by atoms with Gasteiger partial charge in [0.1, 0.15) is 11.4 Å². The summed E-state index contributed by atoms with van der Waals surface area (Å²) in [5, 5.41) is 10.4. The predicted octanol–water partition coefficient (Wildman–Crippen LogP) is 3.81. The Morgan fingerprint density at radius 3 is 2.15 bits per heavy atom. The van der Waals surface area contributed by atoms with Gasteiger partial charge in [0.25, 0.3) is 0 Å². The smallest absolute Gasteiger partial charge is 0.194 e. The number of benzene rings is 2. The molecule has 2 rings (SSSR count). The largest absolute Gasteiger partial charge is 0.381 e. The van der Waals surface area contributed by atoms with Crippen molar-refractivity contribution in [3.05, 3.63) is 70.3 Å². The summed E-state index contributed by atoms with van der Waals surface area (Å²) in [5.74, 6) is -5.09. The van der Waals surface area contributed by atoms with Crippen molar-refractivity contribution >= 4 is 0 Å². The van der Waals surface area contributed by atoms with Crippen LogP contribution in [-0.2, 0) is 5.60 Å². The molecule has 5 heteroatoms. The zero-order chi connectivity index (χ0) is 15.1. The third-order valence-electron chi connectivity index (χ3n) is 3.29. The second-order valence-corrected chi connectivity index (χ2v) is 4.76. The molecule has 0 aliphatic heterocycles. The van der Waals surface area contributed by atoms with Crippen LogP contribution in [0.2, 0.25) is 0 Å². The summed E-state index contributed by atoms with van der Waals surface area (Å²) in [6.45, 7) is 2.72. The third-order valence-corrected chi connectivity index (χ3v) is 3.29. The van der Waals surface area contributed by atoms with Gasteiger partial charge in [-0.05, 0) is 43.2 Å². The lowest BCUT2D eigenvalue weighted by Crippen LogP contribution is -2.25. The van der Waals surface area contributed by atoms with Crippen molar-refractivity contribution < 1.29 is 22.7 Å². The van der Waals surface area contributed by atoms with Crippen LogP contribution < -0.4 is 0 Å². The zero-order valence-electron chi connectivity index (χ0n) is 10.8. The van der Waals surface area contributed by atoms with E-state index >= 15 is 0 Å². The van der Waals surface area contributed by atoms with Crippen LogP contribution >= 0.6 is 0 Å². The second kappa shape index (κ2) is 4.90. The van der Waals surface area contributed by atoms with Gasteiger partial charge in [0.15, 0.2) is 17.5 Å². The fraction of sp³-hybridized carbons (Fsp3) is 0.200. The van der Waals surface area contributed by atoms with Crippen molar-refractivity contribution in [1.29, 1.82) is 0 Å². The molecule has 0 aliphatic rings. The van der Waals surface area contributed by atoms with Gasteiger partial charge >= 0.3 is 0 Å². The Morgan fingerprint density at radius 2 is 1.55 bits per heavy atom. The van der Waals surface area contributed by atoms with E-state index in [4.69, 9.17) is 0 Å². The molecule has 1 N–H and O–H groups in total. The van der Waals surface area contributed by atoms with E-state index in [1.54, 1.807) is 0 Å². The van der Waals surface area contributed by atoms with Gasteiger partial charge in [-0.25, -0.2) is 17.6 Å². The molecule has 0 bridgehead atoms. The number of aryl methyl sites for hydroxylation is 1. The van der Waals surface area contributed by atoms with E-state index in [2.05, 4.69) is 0 Å². The van der Waals surface area contributed by atoms with Crippen LogP contribution in [0.25, 0.3) is 0 Å². The molecular formula is C15H12F4O. The first-order chi connectivity index (χ1) is 9.25. The van der Waals surface area contributed by atoms with Gasteiger partial charge in [-0.2, -0.15) is 0 Å². The first-order valence-electron chi connectivity index (χ1n) is 5.88. The average Bonchev–Trinajstić information content (AvgIpc) is 2.38. The maximum Gasteiger partial charge on any atom is 0.194 e. The van der Waals surface area contributed by atoms with Gasteiger partial charge in [0.2, 0.25) is 0 Å². The highest BCUT2D eigenvalue weighted by molar-refractivity contribution is 5.38. The molecule has 2 aromatic carbocycles. The van der Waals surface area contributed by atoms with Crippen LogP contribution in [0.5, 0.6) is 0 Å². The van der Waals surface area contributed by atoms with Crippen LogP contribution in [0, 0.1) is 30.2 Å². The van der Waals surface area contributed by atoms with E-state index in [9.17, 15) is 22.7 Å². The molecule has 1 nitrogen and oxygen atoms in total. The number of rotatable bonds is 2. The summed E-state index contributed by atoms with van der Waals surface area (Å²) < 4.78 is 53.4. The van der Waals surface area contributed by atoms with Gasteiger partial charge in [0.05, 0.1) is 0 Å². The van der Waals surface area contributed by atoms with Gasteiger partial charge in [0, 0.05) is 5.56 Å². The van der Waals surface area contributed by atoms with E-state index in [0.717, 1.165) is 12.1 Å². The highest BCUT2D eigenvalue weighted by Crippen LogP contribution is 2.33. The van der Waals surface area contributed by atoms with E-state index < -0.39 is 34.4 Å². The Bertz CT molecular complexity index is 665. The lowest BCUT2D eigenvalue weighted by atomic mass is 9.87. The number of hydrogen-bond donors (Lipinski definition) is 1. The van der Waals surface area contributed by atoms with E-state index in [1.165, 1.54) is 26.0 Å². The molecule has 106 valence electrons. The summed E-state index contributed by atoms with van der Waals surface area (Å²) in [7, 11) is 0. The Morgan fingerprint density at radius 1 is 0.900 bits per heavy atom. The molecule has 0 radical (unpaired) electrons. The molecule has 1 atom stereocenters. The average molecular weight is 284 g/mol. The minimum Gasteiger partial charge on any atom is -0.381 e. The van der Waals surface area contributed by atoms with Crippen LogP contribution in [-0.4, -0.2) is 5.11 Å². The summed E-state index contributed by atoms with van der Waals surface area (Å²) in [5.41, 5.74) is -2.03. The van der Waals surface area contributed by atoms with Crippen molar-refractivity contribution in [1.82, 2.24) is 0 Å². The molecule has 0 saturated heterocycles. The fourth-order valence-corrected chi connectivity index (χ4v) is 1.95. The summed E-state index contributed by atoms with van der Waals surface area (Å²) in [6, 6.07) is 5.50. The molecule has 0 amide bonds. The van der Waals surface area contributed by atoms with Crippen LogP contribution in [0.4, 0.5) is 17.6 Å². The first kappa shape index (κ1) is 14.5. The van der Waals surface area contributed by atoms with E-state index in [1.807, 2.05) is 0 Å². The van der Waals surface area contributed by atoms with Crippen LogP contribution in [0.1, 0.15) is 23.6 Å². The maximum absolute atomic E-state index is 13.8.